The summed E-state index contributed by atoms with van der Waals surface area (Å²) in [6.45, 7) is 2.28. The molecule has 0 atom stereocenters. The van der Waals surface area contributed by atoms with E-state index < -0.39 is 16.1 Å². The van der Waals surface area contributed by atoms with Crippen LogP contribution in [0.4, 0.5) is 10.5 Å². The van der Waals surface area contributed by atoms with Crippen molar-refractivity contribution in [1.82, 2.24) is 4.31 Å². The summed E-state index contributed by atoms with van der Waals surface area (Å²) in [4.78, 5) is 25.7. The minimum Gasteiger partial charge on any atom is -0.444 e. The van der Waals surface area contributed by atoms with Gasteiger partial charge < -0.3 is 4.74 Å². The Bertz CT molecular complexity index is 1090. The van der Waals surface area contributed by atoms with E-state index >= 15 is 0 Å². The lowest BCUT2D eigenvalue weighted by atomic mass is 10.0. The quantitative estimate of drug-likeness (QED) is 0.603. The van der Waals surface area contributed by atoms with Crippen LogP contribution in [0.1, 0.15) is 35.7 Å². The highest BCUT2D eigenvalue weighted by Crippen LogP contribution is 2.34. The Labute approximate surface area is 183 Å². The van der Waals surface area contributed by atoms with Crippen molar-refractivity contribution in [2.24, 2.45) is 0 Å². The molecule has 30 heavy (non-hydrogen) atoms. The summed E-state index contributed by atoms with van der Waals surface area (Å²) in [7, 11) is -3.66. The number of ether oxygens (including phenoxy) is 1. The normalized spacial score (nSPS) is 18.1. The van der Waals surface area contributed by atoms with Crippen molar-refractivity contribution in [1.29, 1.82) is 0 Å². The van der Waals surface area contributed by atoms with Gasteiger partial charge in [-0.2, -0.15) is 4.31 Å². The number of ketones is 1. The first-order valence-electron chi connectivity index (χ1n) is 9.63. The van der Waals surface area contributed by atoms with E-state index in [-0.39, 0.29) is 23.3 Å². The third-order valence-electron chi connectivity index (χ3n) is 5.54. The van der Waals surface area contributed by atoms with E-state index in [1.54, 1.807) is 4.90 Å². The van der Waals surface area contributed by atoms with Crippen LogP contribution in [0.3, 0.4) is 0 Å². The number of sulfonamides is 1. The number of amides is 1. The SMILES string of the molecule is CC(=O)c1ccc(S(=O)(=O)N2CCC(N3C(=O)OCc4cc(Br)ccc43)CC2)cc1. The first kappa shape index (κ1) is 21.0. The molecule has 2 aliphatic heterocycles. The molecular weight excluding hydrogens is 472 g/mol. The highest BCUT2D eigenvalue weighted by Gasteiger charge is 2.37. The fourth-order valence-electron chi connectivity index (χ4n) is 3.91. The number of halogens is 1. The monoisotopic (exact) mass is 492 g/mol. The van der Waals surface area contributed by atoms with E-state index in [1.165, 1.54) is 35.5 Å². The topological polar surface area (TPSA) is 84.0 Å². The summed E-state index contributed by atoms with van der Waals surface area (Å²) < 4.78 is 33.6. The largest absolute Gasteiger partial charge is 0.444 e. The van der Waals surface area contributed by atoms with Crippen LogP contribution in [0.5, 0.6) is 0 Å². The van der Waals surface area contributed by atoms with Crippen molar-refractivity contribution in [3.63, 3.8) is 0 Å². The van der Waals surface area contributed by atoms with E-state index in [4.69, 9.17) is 4.74 Å². The van der Waals surface area contributed by atoms with Crippen molar-refractivity contribution in [2.75, 3.05) is 18.0 Å². The molecule has 1 saturated heterocycles. The lowest BCUT2D eigenvalue weighted by molar-refractivity contribution is 0.101. The van der Waals surface area contributed by atoms with Crippen LogP contribution < -0.4 is 4.90 Å². The van der Waals surface area contributed by atoms with Gasteiger partial charge in [-0.1, -0.05) is 28.1 Å². The zero-order valence-corrected chi connectivity index (χ0v) is 18.8. The maximum absolute atomic E-state index is 13.0. The average molecular weight is 493 g/mol. The first-order valence-corrected chi connectivity index (χ1v) is 11.9. The van der Waals surface area contributed by atoms with Gasteiger partial charge in [-0.05, 0) is 50.1 Å². The van der Waals surface area contributed by atoms with Gasteiger partial charge in [0, 0.05) is 34.7 Å². The van der Waals surface area contributed by atoms with Gasteiger partial charge in [0.05, 0.1) is 10.6 Å². The number of carbonyl (C=O) groups is 2. The Hall–Kier alpha value is -2.23. The number of rotatable bonds is 4. The van der Waals surface area contributed by atoms with Crippen LogP contribution in [-0.2, 0) is 21.4 Å². The molecule has 7 nitrogen and oxygen atoms in total. The lowest BCUT2D eigenvalue weighted by Crippen LogP contribution is -2.50. The summed E-state index contributed by atoms with van der Waals surface area (Å²) in [6.07, 6.45) is 0.621. The molecule has 1 amide bonds. The second-order valence-electron chi connectivity index (χ2n) is 7.41. The fraction of sp³-hybridized carbons (Fsp3) is 0.333. The number of carbonyl (C=O) groups excluding carboxylic acids is 2. The zero-order valence-electron chi connectivity index (χ0n) is 16.4. The van der Waals surface area contributed by atoms with Crippen molar-refractivity contribution in [3.8, 4) is 0 Å². The third-order valence-corrected chi connectivity index (χ3v) is 7.94. The van der Waals surface area contributed by atoms with Crippen LogP contribution >= 0.6 is 15.9 Å². The highest BCUT2D eigenvalue weighted by atomic mass is 79.9. The van der Waals surface area contributed by atoms with Gasteiger partial charge in [0.1, 0.15) is 6.61 Å². The van der Waals surface area contributed by atoms with Crippen LogP contribution in [0, 0.1) is 0 Å². The lowest BCUT2D eigenvalue weighted by Gasteiger charge is -2.39. The summed E-state index contributed by atoms with van der Waals surface area (Å²) in [6, 6.07) is 11.6. The molecule has 9 heteroatoms. The second-order valence-corrected chi connectivity index (χ2v) is 10.3. The van der Waals surface area contributed by atoms with Crippen LogP contribution in [-0.4, -0.2) is 43.7 Å². The molecule has 2 aromatic carbocycles. The zero-order chi connectivity index (χ0) is 21.5. The molecule has 2 aliphatic rings. The van der Waals surface area contributed by atoms with Crippen molar-refractivity contribution in [3.05, 3.63) is 58.1 Å². The first-order chi connectivity index (χ1) is 14.3. The highest BCUT2D eigenvalue weighted by molar-refractivity contribution is 9.10. The van der Waals surface area contributed by atoms with Gasteiger partial charge >= 0.3 is 6.09 Å². The summed E-state index contributed by atoms with van der Waals surface area (Å²) in [5.41, 5.74) is 2.21. The minimum atomic E-state index is -3.66. The van der Waals surface area contributed by atoms with Crippen LogP contribution in [0.25, 0.3) is 0 Å². The van der Waals surface area contributed by atoms with Crippen molar-refractivity contribution in [2.45, 2.75) is 37.3 Å². The Morgan fingerprint density at radius 3 is 2.40 bits per heavy atom. The number of fused-ring (bicyclic) bond motifs is 1. The molecule has 0 N–H and O–H groups in total. The van der Waals surface area contributed by atoms with E-state index in [0.717, 1.165) is 15.7 Å². The van der Waals surface area contributed by atoms with E-state index in [9.17, 15) is 18.0 Å². The predicted molar refractivity (Wildman–Crippen MR) is 115 cm³/mol. The Morgan fingerprint density at radius 2 is 1.77 bits per heavy atom. The number of hydrogen-bond donors (Lipinski definition) is 0. The van der Waals surface area contributed by atoms with Gasteiger partial charge in [-0.3, -0.25) is 9.69 Å². The van der Waals surface area contributed by atoms with Crippen molar-refractivity contribution < 1.29 is 22.7 Å². The van der Waals surface area contributed by atoms with Gasteiger partial charge in [-0.25, -0.2) is 13.2 Å². The molecule has 0 spiro atoms. The van der Waals surface area contributed by atoms with Crippen LogP contribution in [0.15, 0.2) is 51.8 Å². The van der Waals surface area contributed by atoms with E-state index in [0.29, 0.717) is 31.5 Å². The second kappa shape index (κ2) is 8.13. The van der Waals surface area contributed by atoms with Crippen molar-refractivity contribution >= 4 is 43.5 Å². The van der Waals surface area contributed by atoms with E-state index in [1.807, 2.05) is 18.2 Å². The number of cyclic esters (lactones) is 1. The van der Waals surface area contributed by atoms with Gasteiger partial charge in [0.25, 0.3) is 0 Å². The third kappa shape index (κ3) is 3.89. The number of piperidine rings is 1. The molecule has 4 rings (SSSR count). The number of anilines is 1. The number of Topliss-reactive ketones (excluding diaryl/α,β-unsaturated/α-hetero) is 1. The summed E-state index contributed by atoms with van der Waals surface area (Å²) in [5, 5.41) is 0. The van der Waals surface area contributed by atoms with Gasteiger partial charge in [0.2, 0.25) is 10.0 Å². The molecule has 0 radical (unpaired) electrons. The molecule has 0 unspecified atom stereocenters. The van der Waals surface area contributed by atoms with Gasteiger partial charge in [0.15, 0.2) is 5.78 Å². The number of nitrogens with zero attached hydrogens (tertiary/aromatic N) is 2. The summed E-state index contributed by atoms with van der Waals surface area (Å²) >= 11 is 3.43. The molecule has 0 saturated carbocycles. The Morgan fingerprint density at radius 1 is 1.10 bits per heavy atom. The molecule has 2 aromatic rings. The Balaban J connectivity index is 1.50. The van der Waals surface area contributed by atoms with Gasteiger partial charge in [-0.15, -0.1) is 0 Å². The fourth-order valence-corrected chi connectivity index (χ4v) is 5.79. The Kier molecular flexibility index (Phi) is 5.69. The van der Waals surface area contributed by atoms with Crippen LogP contribution in [0.2, 0.25) is 0 Å². The molecule has 0 bridgehead atoms. The summed E-state index contributed by atoms with van der Waals surface area (Å²) in [5.74, 6) is -0.111. The number of hydrogen-bond acceptors (Lipinski definition) is 5. The number of benzene rings is 2. The molecular formula is C21H21BrN2O5S. The van der Waals surface area contributed by atoms with E-state index in [2.05, 4.69) is 15.9 Å². The molecule has 158 valence electrons. The smallest absolute Gasteiger partial charge is 0.414 e. The maximum atomic E-state index is 13.0. The average Bonchev–Trinajstić information content (AvgIpc) is 2.74. The molecule has 0 aliphatic carbocycles. The molecule has 2 heterocycles. The maximum Gasteiger partial charge on any atom is 0.414 e. The predicted octanol–water partition coefficient (Wildman–Crippen LogP) is 3.96. The molecule has 1 fully saturated rings. The molecule has 0 aromatic heterocycles. The standard InChI is InChI=1S/C21H21BrN2O5S/c1-14(25)15-2-5-19(6-3-15)30(27,28)23-10-8-18(9-11-23)24-20-7-4-17(22)12-16(20)13-29-21(24)26/h2-7,12,18H,8-11,13H2,1H3. The minimum absolute atomic E-state index is 0.111.